The zero-order valence-corrected chi connectivity index (χ0v) is 29.5. The summed E-state index contributed by atoms with van der Waals surface area (Å²) in [6, 6.07) is 51.8. The summed E-state index contributed by atoms with van der Waals surface area (Å²) in [5.74, 6) is 12.3. The Kier molecular flexibility index (Phi) is 11.4. The van der Waals surface area contributed by atoms with Crippen molar-refractivity contribution in [3.63, 3.8) is 0 Å². The van der Waals surface area contributed by atoms with Gasteiger partial charge in [-0.3, -0.25) is 0 Å². The topological polar surface area (TPSA) is 63.7 Å². The molecule has 5 nitrogen and oxygen atoms in total. The van der Waals surface area contributed by atoms with Crippen molar-refractivity contribution in [3.05, 3.63) is 209 Å². The predicted molar refractivity (Wildman–Crippen MR) is 206 cm³/mol. The Bertz CT molecular complexity index is 2310. The number of nitrogens with zero attached hydrogens (tertiary/aromatic N) is 1. The van der Waals surface area contributed by atoms with E-state index in [0.717, 1.165) is 16.7 Å². The first-order chi connectivity index (χ1) is 25.3. The van der Waals surface area contributed by atoms with Gasteiger partial charge in [0.25, 0.3) is 0 Å². The van der Waals surface area contributed by atoms with E-state index >= 15 is 8.42 Å². The summed E-state index contributed by atoms with van der Waals surface area (Å²) in [4.78, 5) is 14.4. The van der Waals surface area contributed by atoms with Crippen molar-refractivity contribution in [2.45, 2.75) is 29.9 Å². The van der Waals surface area contributed by atoms with Crippen molar-refractivity contribution in [1.82, 2.24) is 4.31 Å². The molecule has 0 bridgehead atoms. The van der Waals surface area contributed by atoms with Gasteiger partial charge < -0.3 is 4.74 Å². The Morgan fingerprint density at radius 2 is 1.15 bits per heavy atom. The molecule has 0 aliphatic carbocycles. The third-order valence-corrected chi connectivity index (χ3v) is 10.5. The molecule has 0 amide bonds. The second-order valence-corrected chi connectivity index (χ2v) is 14.1. The molecule has 256 valence electrons. The molecule has 0 aliphatic rings. The van der Waals surface area contributed by atoms with Crippen molar-refractivity contribution in [2.24, 2.45) is 0 Å². The highest BCUT2D eigenvalue weighted by Gasteiger charge is 2.50. The summed E-state index contributed by atoms with van der Waals surface area (Å²) in [5, 5.41) is 0. The number of sulfonamides is 1. The van der Waals surface area contributed by atoms with Crippen LogP contribution >= 0.6 is 0 Å². The number of rotatable bonds is 10. The van der Waals surface area contributed by atoms with Crippen molar-refractivity contribution in [2.75, 3.05) is 6.54 Å². The summed E-state index contributed by atoms with van der Waals surface area (Å²) >= 11 is 0. The van der Waals surface area contributed by atoms with Crippen LogP contribution in [0.5, 0.6) is 0 Å². The quantitative estimate of drug-likeness (QED) is 0.106. The van der Waals surface area contributed by atoms with Gasteiger partial charge in [-0.05, 0) is 73.4 Å². The van der Waals surface area contributed by atoms with Gasteiger partial charge >= 0.3 is 5.97 Å². The lowest BCUT2D eigenvalue weighted by Gasteiger charge is -2.42. The Morgan fingerprint density at radius 3 is 1.73 bits per heavy atom. The summed E-state index contributed by atoms with van der Waals surface area (Å²) in [5.41, 5.74) is 2.15. The summed E-state index contributed by atoms with van der Waals surface area (Å²) < 4.78 is 38.2. The van der Waals surface area contributed by atoms with Crippen LogP contribution < -0.4 is 0 Å². The zero-order valence-electron chi connectivity index (χ0n) is 28.7. The van der Waals surface area contributed by atoms with E-state index in [2.05, 4.69) is 23.7 Å². The van der Waals surface area contributed by atoms with E-state index in [1.54, 1.807) is 48.5 Å². The fraction of sp³-hybridized carbons (Fsp3) is 0.109. The molecule has 6 aromatic carbocycles. The van der Waals surface area contributed by atoms with Gasteiger partial charge in [-0.2, -0.15) is 4.31 Å². The highest BCUT2D eigenvalue weighted by Crippen LogP contribution is 2.38. The van der Waals surface area contributed by atoms with Crippen LogP contribution in [0.25, 0.3) is 0 Å². The number of hydrogen-bond acceptors (Lipinski definition) is 4. The van der Waals surface area contributed by atoms with Gasteiger partial charge in [0.15, 0.2) is 0 Å². The molecular weight excluding hydrogens is 663 g/mol. The molecule has 0 fully saturated rings. The van der Waals surface area contributed by atoms with Gasteiger partial charge in [0.2, 0.25) is 15.6 Å². The zero-order chi connectivity index (χ0) is 36.2. The first-order valence-corrected chi connectivity index (χ1v) is 18.4. The van der Waals surface area contributed by atoms with Gasteiger partial charge in [0, 0.05) is 16.7 Å². The molecule has 6 aromatic rings. The SMILES string of the molecule is Cc1ccc(S(=O)(=O)N(CC#Cc2ccccc2)[C@@H](Cc2ccccc2)[C@](C#Cc2ccccc2)(OC(=O)c2ccccc2)c2ccccc2)cc1. The number of benzene rings is 6. The molecule has 0 aromatic heterocycles. The molecule has 0 unspecified atom stereocenters. The van der Waals surface area contributed by atoms with Crippen molar-refractivity contribution in [1.29, 1.82) is 0 Å². The Morgan fingerprint density at radius 1 is 0.654 bits per heavy atom. The lowest BCUT2D eigenvalue weighted by Crippen LogP contribution is -2.55. The lowest BCUT2D eigenvalue weighted by atomic mass is 9.82. The number of carbonyl (C=O) groups is 1. The molecular formula is C46H37NO4S. The third kappa shape index (κ3) is 8.57. The van der Waals surface area contributed by atoms with Crippen LogP contribution in [-0.2, 0) is 26.8 Å². The maximum absolute atomic E-state index is 15.1. The largest absolute Gasteiger partial charge is 0.436 e. The molecule has 0 saturated carbocycles. The van der Waals surface area contributed by atoms with Crippen LogP contribution in [-0.4, -0.2) is 31.3 Å². The van der Waals surface area contributed by atoms with Crippen LogP contribution in [0.15, 0.2) is 181 Å². The van der Waals surface area contributed by atoms with E-state index in [0.29, 0.717) is 16.7 Å². The average Bonchev–Trinajstić information content (AvgIpc) is 3.19. The first kappa shape index (κ1) is 35.6. The highest BCUT2D eigenvalue weighted by atomic mass is 32.2. The van der Waals surface area contributed by atoms with E-state index in [-0.39, 0.29) is 17.9 Å². The van der Waals surface area contributed by atoms with Crippen LogP contribution in [0.3, 0.4) is 0 Å². The van der Waals surface area contributed by atoms with E-state index in [1.165, 1.54) is 4.31 Å². The monoisotopic (exact) mass is 699 g/mol. The highest BCUT2D eigenvalue weighted by molar-refractivity contribution is 7.89. The summed E-state index contributed by atoms with van der Waals surface area (Å²) in [6.07, 6.45) is 0.138. The van der Waals surface area contributed by atoms with Crippen LogP contribution in [0.1, 0.15) is 38.2 Å². The fourth-order valence-electron chi connectivity index (χ4n) is 5.89. The molecule has 52 heavy (non-hydrogen) atoms. The van der Waals surface area contributed by atoms with Crippen LogP contribution in [0.2, 0.25) is 0 Å². The van der Waals surface area contributed by atoms with E-state index in [1.807, 2.05) is 134 Å². The molecule has 6 rings (SSSR count). The molecule has 0 spiro atoms. The summed E-state index contributed by atoms with van der Waals surface area (Å²) in [7, 11) is -4.29. The third-order valence-electron chi connectivity index (χ3n) is 8.59. The lowest BCUT2D eigenvalue weighted by molar-refractivity contribution is -0.0230. The second kappa shape index (κ2) is 16.7. The predicted octanol–water partition coefficient (Wildman–Crippen LogP) is 8.45. The van der Waals surface area contributed by atoms with Gasteiger partial charge in [-0.15, -0.1) is 0 Å². The normalized spacial score (nSPS) is 12.7. The van der Waals surface area contributed by atoms with E-state index < -0.39 is 27.6 Å². The molecule has 0 aliphatic heterocycles. The molecule has 6 heteroatoms. The van der Waals surface area contributed by atoms with Crippen LogP contribution in [0, 0.1) is 30.6 Å². The minimum absolute atomic E-state index is 0.0880. The van der Waals surface area contributed by atoms with Crippen LogP contribution in [0.4, 0.5) is 0 Å². The smallest absolute Gasteiger partial charge is 0.339 e. The van der Waals surface area contributed by atoms with E-state index in [4.69, 9.17) is 4.74 Å². The minimum atomic E-state index is -4.29. The van der Waals surface area contributed by atoms with Crippen molar-refractivity contribution in [3.8, 4) is 23.7 Å². The summed E-state index contributed by atoms with van der Waals surface area (Å²) in [6.45, 7) is 1.69. The molecule has 2 atom stereocenters. The molecule has 0 radical (unpaired) electrons. The first-order valence-electron chi connectivity index (χ1n) is 16.9. The van der Waals surface area contributed by atoms with Gasteiger partial charge in [0.05, 0.1) is 23.0 Å². The number of ether oxygens (including phenoxy) is 1. The van der Waals surface area contributed by atoms with Gasteiger partial charge in [-0.25, -0.2) is 13.2 Å². The Labute approximate surface area is 306 Å². The Hall–Kier alpha value is -6.18. The number of hydrogen-bond donors (Lipinski definition) is 0. The number of aryl methyl sites for hydroxylation is 1. The van der Waals surface area contributed by atoms with Crippen molar-refractivity contribution < 1.29 is 17.9 Å². The molecule has 0 saturated heterocycles. The van der Waals surface area contributed by atoms with Gasteiger partial charge in [0.1, 0.15) is 0 Å². The maximum Gasteiger partial charge on any atom is 0.339 e. The fourth-order valence-corrected chi connectivity index (χ4v) is 7.43. The number of carbonyl (C=O) groups excluding carboxylic acids is 1. The Balaban J connectivity index is 1.65. The molecule has 0 N–H and O–H groups in total. The molecule has 0 heterocycles. The second-order valence-electron chi connectivity index (χ2n) is 12.2. The minimum Gasteiger partial charge on any atom is -0.436 e. The average molecular weight is 700 g/mol. The standard InChI is InChI=1S/C46H37NO4S/c1-37-29-31-43(32-30-37)52(49,50)47(35-17-24-38-18-7-2-8-19-38)44(36-40-22-11-4-12-23-40)46(42-27-15-6-16-28-42,34-33-39-20-9-3-10-21-39)51-45(48)41-25-13-5-14-26-41/h2-16,18-23,25-32,44H,35-36H2,1H3/t44-,46+/m0/s1. The van der Waals surface area contributed by atoms with E-state index in [9.17, 15) is 4.79 Å². The van der Waals surface area contributed by atoms with Crippen molar-refractivity contribution >= 4 is 16.0 Å². The maximum atomic E-state index is 15.1. The van der Waals surface area contributed by atoms with Gasteiger partial charge in [-0.1, -0.05) is 151 Å². The number of esters is 1.